The van der Waals surface area contributed by atoms with Gasteiger partial charge in [-0.3, -0.25) is 4.79 Å². The third kappa shape index (κ3) is 2.35. The van der Waals surface area contributed by atoms with Crippen molar-refractivity contribution in [2.24, 2.45) is 5.11 Å². The van der Waals surface area contributed by atoms with Crippen molar-refractivity contribution in [3.8, 4) is 5.75 Å². The Bertz CT molecular complexity index is 486. The fourth-order valence-electron chi connectivity index (χ4n) is 1.68. The van der Waals surface area contributed by atoms with Gasteiger partial charge in [0.05, 0.1) is 12.8 Å². The van der Waals surface area contributed by atoms with Crippen LogP contribution in [0.1, 0.15) is 11.4 Å². The van der Waals surface area contributed by atoms with E-state index in [0.717, 1.165) is 11.4 Å². The van der Waals surface area contributed by atoms with E-state index in [1.807, 2.05) is 18.4 Å². The van der Waals surface area contributed by atoms with Crippen LogP contribution in [-0.4, -0.2) is 18.2 Å². The molecule has 0 saturated heterocycles. The standard InChI is InChI=1S/C10H14N4O2/c1-7-6-9(15)10(16-3)8(2)14(7)5-4-12-13-11/h6H,4-5H2,1-3H3. The maximum atomic E-state index is 11.6. The molecule has 0 saturated carbocycles. The molecule has 0 N–H and O–H groups in total. The molecule has 0 radical (unpaired) electrons. The normalized spacial score (nSPS) is 9.69. The molecule has 86 valence electrons. The van der Waals surface area contributed by atoms with Crippen LogP contribution in [-0.2, 0) is 6.54 Å². The van der Waals surface area contributed by atoms with E-state index in [2.05, 4.69) is 10.0 Å². The van der Waals surface area contributed by atoms with Gasteiger partial charge < -0.3 is 9.30 Å². The van der Waals surface area contributed by atoms with Crippen molar-refractivity contribution >= 4 is 0 Å². The minimum atomic E-state index is -0.127. The van der Waals surface area contributed by atoms with Gasteiger partial charge in [0.2, 0.25) is 5.43 Å². The molecule has 0 unspecified atom stereocenters. The van der Waals surface area contributed by atoms with Crippen LogP contribution >= 0.6 is 0 Å². The number of nitrogens with zero attached hydrogens (tertiary/aromatic N) is 4. The molecule has 0 bridgehead atoms. The topological polar surface area (TPSA) is 80.0 Å². The van der Waals surface area contributed by atoms with Crippen LogP contribution in [0.2, 0.25) is 0 Å². The van der Waals surface area contributed by atoms with Crippen molar-refractivity contribution in [2.75, 3.05) is 13.7 Å². The molecule has 0 atom stereocenters. The number of methoxy groups -OCH3 is 1. The fraction of sp³-hybridized carbons (Fsp3) is 0.500. The number of hydrogen-bond acceptors (Lipinski definition) is 3. The molecule has 0 aliphatic carbocycles. The minimum absolute atomic E-state index is 0.127. The molecule has 0 fully saturated rings. The van der Waals surface area contributed by atoms with Gasteiger partial charge in [0, 0.05) is 29.8 Å². The lowest BCUT2D eigenvalue weighted by Crippen LogP contribution is -2.17. The van der Waals surface area contributed by atoms with Crippen molar-refractivity contribution in [2.45, 2.75) is 20.4 Å². The van der Waals surface area contributed by atoms with Crippen molar-refractivity contribution in [1.82, 2.24) is 4.57 Å². The van der Waals surface area contributed by atoms with E-state index in [0.29, 0.717) is 18.8 Å². The van der Waals surface area contributed by atoms with Crippen molar-refractivity contribution in [1.29, 1.82) is 0 Å². The predicted octanol–water partition coefficient (Wildman–Crippen LogP) is 1.78. The largest absolute Gasteiger partial charge is 0.491 e. The lowest BCUT2D eigenvalue weighted by Gasteiger charge is -2.15. The van der Waals surface area contributed by atoms with Gasteiger partial charge in [0.15, 0.2) is 5.75 Å². The average Bonchev–Trinajstić information content (AvgIpc) is 2.23. The van der Waals surface area contributed by atoms with Crippen molar-refractivity contribution < 1.29 is 4.74 Å². The summed E-state index contributed by atoms with van der Waals surface area (Å²) in [5.41, 5.74) is 9.66. The molecule has 6 heteroatoms. The molecular weight excluding hydrogens is 208 g/mol. The fourth-order valence-corrected chi connectivity index (χ4v) is 1.68. The Morgan fingerprint density at radius 3 is 2.81 bits per heavy atom. The van der Waals surface area contributed by atoms with Crippen LogP contribution in [0.4, 0.5) is 0 Å². The molecule has 0 spiro atoms. The van der Waals surface area contributed by atoms with Gasteiger partial charge in [-0.15, -0.1) is 0 Å². The highest BCUT2D eigenvalue weighted by molar-refractivity contribution is 5.29. The molecule has 16 heavy (non-hydrogen) atoms. The smallest absolute Gasteiger partial charge is 0.223 e. The van der Waals surface area contributed by atoms with E-state index < -0.39 is 0 Å². The van der Waals surface area contributed by atoms with Gasteiger partial charge in [-0.25, -0.2) is 0 Å². The van der Waals surface area contributed by atoms with E-state index in [4.69, 9.17) is 10.3 Å². The third-order valence-corrected chi connectivity index (χ3v) is 2.41. The lowest BCUT2D eigenvalue weighted by atomic mass is 10.2. The molecule has 0 aliphatic rings. The number of aromatic nitrogens is 1. The van der Waals surface area contributed by atoms with E-state index in [1.165, 1.54) is 13.2 Å². The van der Waals surface area contributed by atoms with Crippen LogP contribution in [0.3, 0.4) is 0 Å². The summed E-state index contributed by atoms with van der Waals surface area (Å²) in [4.78, 5) is 14.2. The zero-order chi connectivity index (χ0) is 12.1. The van der Waals surface area contributed by atoms with E-state index in [9.17, 15) is 4.79 Å². The summed E-state index contributed by atoms with van der Waals surface area (Å²) < 4.78 is 6.94. The molecule has 0 aromatic carbocycles. The quantitative estimate of drug-likeness (QED) is 0.442. The van der Waals surface area contributed by atoms with Crippen LogP contribution in [0.15, 0.2) is 16.0 Å². The summed E-state index contributed by atoms with van der Waals surface area (Å²) in [7, 11) is 1.47. The second-order valence-electron chi connectivity index (χ2n) is 3.37. The van der Waals surface area contributed by atoms with Gasteiger partial charge in [-0.1, -0.05) is 5.11 Å². The predicted molar refractivity (Wildman–Crippen MR) is 60.7 cm³/mol. The van der Waals surface area contributed by atoms with Gasteiger partial charge in [0.1, 0.15) is 0 Å². The van der Waals surface area contributed by atoms with Gasteiger partial charge in [-0.2, -0.15) is 0 Å². The first-order chi connectivity index (χ1) is 7.61. The third-order valence-electron chi connectivity index (χ3n) is 2.41. The Balaban J connectivity index is 3.17. The Kier molecular flexibility index (Phi) is 3.96. The minimum Gasteiger partial charge on any atom is -0.491 e. The Morgan fingerprint density at radius 2 is 2.25 bits per heavy atom. The second-order valence-corrected chi connectivity index (χ2v) is 3.37. The summed E-state index contributed by atoms with van der Waals surface area (Å²) >= 11 is 0. The number of hydrogen-bond donors (Lipinski definition) is 0. The number of azide groups is 1. The van der Waals surface area contributed by atoms with E-state index in [1.54, 1.807) is 0 Å². The van der Waals surface area contributed by atoms with Crippen LogP contribution in [0.25, 0.3) is 10.4 Å². The zero-order valence-electron chi connectivity index (χ0n) is 9.60. The van der Waals surface area contributed by atoms with Crippen molar-refractivity contribution in [3.63, 3.8) is 0 Å². The van der Waals surface area contributed by atoms with E-state index in [-0.39, 0.29) is 5.43 Å². The van der Waals surface area contributed by atoms with Crippen LogP contribution in [0.5, 0.6) is 5.75 Å². The maximum absolute atomic E-state index is 11.6. The SMILES string of the molecule is COc1c(C)n(CCN=[N+]=[N-])c(C)cc1=O. The summed E-state index contributed by atoms with van der Waals surface area (Å²) in [6.07, 6.45) is 0. The molecule has 6 nitrogen and oxygen atoms in total. The molecule has 1 rings (SSSR count). The number of ether oxygens (including phenoxy) is 1. The van der Waals surface area contributed by atoms with Gasteiger partial charge in [-0.05, 0) is 19.4 Å². The molecule has 0 amide bonds. The van der Waals surface area contributed by atoms with Gasteiger partial charge in [0.25, 0.3) is 0 Å². The molecular formula is C10H14N4O2. The molecule has 0 aliphatic heterocycles. The Hall–Kier alpha value is -1.94. The number of rotatable bonds is 4. The molecule has 1 aromatic heterocycles. The number of aryl methyl sites for hydroxylation is 1. The first-order valence-electron chi connectivity index (χ1n) is 4.87. The monoisotopic (exact) mass is 222 g/mol. The highest BCUT2D eigenvalue weighted by atomic mass is 16.5. The Labute approximate surface area is 93.1 Å². The lowest BCUT2D eigenvalue weighted by molar-refractivity contribution is 0.399. The molecule has 1 aromatic rings. The van der Waals surface area contributed by atoms with E-state index >= 15 is 0 Å². The Morgan fingerprint density at radius 1 is 1.56 bits per heavy atom. The highest BCUT2D eigenvalue weighted by Gasteiger charge is 2.09. The van der Waals surface area contributed by atoms with Crippen LogP contribution < -0.4 is 10.2 Å². The highest BCUT2D eigenvalue weighted by Crippen LogP contribution is 2.13. The van der Waals surface area contributed by atoms with Crippen LogP contribution in [0, 0.1) is 13.8 Å². The zero-order valence-corrected chi connectivity index (χ0v) is 9.60. The maximum Gasteiger partial charge on any atom is 0.223 e. The summed E-state index contributed by atoms with van der Waals surface area (Å²) in [6.45, 7) is 4.54. The first-order valence-corrected chi connectivity index (χ1v) is 4.87. The summed E-state index contributed by atoms with van der Waals surface area (Å²) in [6, 6.07) is 1.52. The second kappa shape index (κ2) is 5.23. The number of pyridine rings is 1. The van der Waals surface area contributed by atoms with Crippen molar-refractivity contribution in [3.05, 3.63) is 38.1 Å². The van der Waals surface area contributed by atoms with Gasteiger partial charge >= 0.3 is 0 Å². The summed E-state index contributed by atoms with van der Waals surface area (Å²) in [5.74, 6) is 0.339. The summed E-state index contributed by atoms with van der Waals surface area (Å²) in [5, 5.41) is 3.47. The average molecular weight is 222 g/mol. The molecule has 1 heterocycles. The first kappa shape index (κ1) is 12.1.